The minimum absolute atomic E-state index is 0.0390. The molecule has 2 N–H and O–H groups in total. The molecular weight excluding hydrogens is 402 g/mol. The van der Waals surface area contributed by atoms with E-state index in [1.807, 2.05) is 0 Å². The van der Waals surface area contributed by atoms with Crippen molar-refractivity contribution in [3.8, 4) is 5.69 Å². The molecule has 2 aromatic carbocycles. The zero-order chi connectivity index (χ0) is 22.0. The maximum atomic E-state index is 12.6. The lowest BCUT2D eigenvalue weighted by atomic mass is 10.2. The second-order valence-corrected chi connectivity index (χ2v) is 6.53. The summed E-state index contributed by atoms with van der Waals surface area (Å²) in [6, 6.07) is 12.7. The van der Waals surface area contributed by atoms with E-state index in [2.05, 4.69) is 20.9 Å². The molecule has 0 atom stereocenters. The van der Waals surface area contributed by atoms with Gasteiger partial charge in [-0.1, -0.05) is 12.1 Å². The third-order valence-corrected chi connectivity index (χ3v) is 4.64. The molecule has 156 valence electrons. The molecule has 0 saturated heterocycles. The minimum atomic E-state index is -0.492. The Bertz CT molecular complexity index is 1340. The molecule has 2 heterocycles. The van der Waals surface area contributed by atoms with E-state index in [4.69, 9.17) is 0 Å². The lowest BCUT2D eigenvalue weighted by Crippen LogP contribution is -2.34. The van der Waals surface area contributed by atoms with Crippen LogP contribution in [0.1, 0.15) is 17.3 Å². The van der Waals surface area contributed by atoms with E-state index in [-0.39, 0.29) is 22.8 Å². The monoisotopic (exact) mass is 419 g/mol. The molecule has 0 unspecified atom stereocenters. The highest BCUT2D eigenvalue weighted by atomic mass is 16.6. The Morgan fingerprint density at radius 1 is 1.16 bits per heavy atom. The van der Waals surface area contributed by atoms with Crippen LogP contribution in [0.3, 0.4) is 0 Å². The molecule has 0 spiro atoms. The first kappa shape index (κ1) is 19.8. The van der Waals surface area contributed by atoms with Gasteiger partial charge in [-0.15, -0.1) is 0 Å². The molecule has 0 bridgehead atoms. The highest BCUT2D eigenvalue weighted by Crippen LogP contribution is 2.15. The lowest BCUT2D eigenvalue weighted by Gasteiger charge is -2.13. The largest absolute Gasteiger partial charge is 0.277 e. The number of non-ortho nitro benzene ring substituents is 1. The summed E-state index contributed by atoms with van der Waals surface area (Å²) in [5.74, 6) is -0.277. The maximum absolute atomic E-state index is 12.6. The number of nitro benzene ring substituents is 1. The van der Waals surface area contributed by atoms with Gasteiger partial charge in [-0.05, 0) is 31.2 Å². The van der Waals surface area contributed by atoms with Crippen LogP contribution < -0.4 is 16.4 Å². The van der Waals surface area contributed by atoms with Crippen LogP contribution in [0.15, 0.2) is 65.7 Å². The number of aromatic nitrogens is 4. The Morgan fingerprint density at radius 3 is 2.61 bits per heavy atom. The number of nitrogens with one attached hydrogen (secondary N) is 2. The van der Waals surface area contributed by atoms with Crippen LogP contribution in [0.25, 0.3) is 16.6 Å². The van der Waals surface area contributed by atoms with Gasteiger partial charge in [0.05, 0.1) is 33.3 Å². The quantitative estimate of drug-likeness (QED) is 0.361. The molecule has 0 aliphatic carbocycles. The molecule has 0 fully saturated rings. The summed E-state index contributed by atoms with van der Waals surface area (Å²) in [6.45, 7) is 2.17. The van der Waals surface area contributed by atoms with Crippen molar-refractivity contribution >= 4 is 28.4 Å². The van der Waals surface area contributed by atoms with Crippen molar-refractivity contribution in [1.82, 2.24) is 24.8 Å². The van der Waals surface area contributed by atoms with Crippen LogP contribution in [0.2, 0.25) is 0 Å². The maximum Gasteiger partial charge on any atom is 0.272 e. The predicted octanol–water partition coefficient (Wildman–Crippen LogP) is 2.27. The summed E-state index contributed by atoms with van der Waals surface area (Å²) < 4.78 is 2.85. The molecule has 4 rings (SSSR count). The average molecular weight is 419 g/mol. The molecule has 11 heteroatoms. The van der Waals surface area contributed by atoms with E-state index in [0.29, 0.717) is 23.1 Å². The third kappa shape index (κ3) is 3.83. The van der Waals surface area contributed by atoms with Crippen LogP contribution in [-0.2, 0) is 6.54 Å². The van der Waals surface area contributed by atoms with Gasteiger partial charge in [-0.3, -0.25) is 35.1 Å². The van der Waals surface area contributed by atoms with Crippen molar-refractivity contribution in [2.45, 2.75) is 13.5 Å². The van der Waals surface area contributed by atoms with Crippen LogP contribution in [-0.4, -0.2) is 30.2 Å². The van der Waals surface area contributed by atoms with Crippen molar-refractivity contribution in [3.63, 3.8) is 0 Å². The Labute approximate surface area is 175 Å². The fourth-order valence-corrected chi connectivity index (χ4v) is 3.05. The number of rotatable bonds is 6. The third-order valence-electron chi connectivity index (χ3n) is 4.64. The Hall–Kier alpha value is -4.54. The van der Waals surface area contributed by atoms with E-state index in [0.717, 1.165) is 0 Å². The molecule has 0 radical (unpaired) electrons. The lowest BCUT2D eigenvalue weighted by molar-refractivity contribution is -0.384. The van der Waals surface area contributed by atoms with Gasteiger partial charge in [0, 0.05) is 24.9 Å². The Kier molecular flexibility index (Phi) is 5.14. The summed E-state index contributed by atoms with van der Waals surface area (Å²) >= 11 is 0. The van der Waals surface area contributed by atoms with Crippen LogP contribution in [0.5, 0.6) is 0 Å². The van der Waals surface area contributed by atoms with Gasteiger partial charge in [-0.25, -0.2) is 9.67 Å². The summed E-state index contributed by atoms with van der Waals surface area (Å²) in [4.78, 5) is 39.8. The number of nitrogens with zero attached hydrogens (tertiary/aromatic N) is 5. The first-order valence-electron chi connectivity index (χ1n) is 9.33. The number of carbonyl (C=O) groups excluding carboxylic acids is 1. The molecular formula is C20H17N7O4. The van der Waals surface area contributed by atoms with E-state index in [9.17, 15) is 19.7 Å². The van der Waals surface area contributed by atoms with Crippen molar-refractivity contribution < 1.29 is 9.72 Å². The molecule has 31 heavy (non-hydrogen) atoms. The topological polar surface area (TPSA) is 137 Å². The molecule has 0 aliphatic rings. The SMILES string of the molecule is CCn1c(NNC(=O)c2cnn(-c3ccc([N+](=O)[O-])cc3)c2)nc2ccccc2c1=O. The average Bonchev–Trinajstić information content (AvgIpc) is 3.28. The van der Waals surface area contributed by atoms with Crippen LogP contribution >= 0.6 is 0 Å². The van der Waals surface area contributed by atoms with Crippen molar-refractivity contribution in [1.29, 1.82) is 0 Å². The number of hydrazine groups is 1. The normalized spacial score (nSPS) is 10.7. The number of fused-ring (bicyclic) bond motifs is 1. The van der Waals surface area contributed by atoms with Gasteiger partial charge >= 0.3 is 0 Å². The fraction of sp³-hybridized carbons (Fsp3) is 0.100. The second kappa shape index (κ2) is 8.06. The molecule has 4 aromatic rings. The summed E-state index contributed by atoms with van der Waals surface area (Å²) in [5, 5.41) is 15.4. The van der Waals surface area contributed by atoms with Gasteiger partial charge in [0.2, 0.25) is 5.95 Å². The Balaban J connectivity index is 1.52. The van der Waals surface area contributed by atoms with Gasteiger partial charge in [-0.2, -0.15) is 5.10 Å². The summed E-state index contributed by atoms with van der Waals surface area (Å²) in [6.07, 6.45) is 2.85. The second-order valence-electron chi connectivity index (χ2n) is 6.53. The number of hydrogen-bond donors (Lipinski definition) is 2. The van der Waals surface area contributed by atoms with Gasteiger partial charge in [0.25, 0.3) is 17.2 Å². The van der Waals surface area contributed by atoms with E-state index in [1.54, 1.807) is 31.2 Å². The molecule has 0 saturated carbocycles. The molecule has 2 aromatic heterocycles. The highest BCUT2D eigenvalue weighted by molar-refractivity contribution is 5.94. The number of carbonyl (C=O) groups is 1. The van der Waals surface area contributed by atoms with E-state index >= 15 is 0 Å². The minimum Gasteiger partial charge on any atom is -0.277 e. The zero-order valence-corrected chi connectivity index (χ0v) is 16.3. The van der Waals surface area contributed by atoms with E-state index in [1.165, 1.54) is 45.9 Å². The number of hydrogen-bond acceptors (Lipinski definition) is 7. The van der Waals surface area contributed by atoms with Gasteiger partial charge < -0.3 is 0 Å². The van der Waals surface area contributed by atoms with E-state index < -0.39 is 10.8 Å². The summed E-state index contributed by atoms with van der Waals surface area (Å²) in [5.41, 5.74) is 6.30. The first-order chi connectivity index (χ1) is 15.0. The highest BCUT2D eigenvalue weighted by Gasteiger charge is 2.13. The van der Waals surface area contributed by atoms with Crippen LogP contribution in [0.4, 0.5) is 11.6 Å². The van der Waals surface area contributed by atoms with Crippen molar-refractivity contribution in [3.05, 3.63) is 87.0 Å². The van der Waals surface area contributed by atoms with Crippen LogP contribution in [0, 0.1) is 10.1 Å². The number of benzene rings is 2. The number of anilines is 1. The zero-order valence-electron chi connectivity index (χ0n) is 16.3. The Morgan fingerprint density at radius 2 is 1.90 bits per heavy atom. The van der Waals surface area contributed by atoms with Crippen molar-refractivity contribution in [2.75, 3.05) is 5.43 Å². The number of para-hydroxylation sites is 1. The predicted molar refractivity (Wildman–Crippen MR) is 113 cm³/mol. The number of amides is 1. The smallest absolute Gasteiger partial charge is 0.272 e. The molecule has 1 amide bonds. The first-order valence-corrected chi connectivity index (χ1v) is 9.33. The molecule has 0 aliphatic heterocycles. The standard InChI is InChI=1S/C20H17N7O4/c1-2-25-19(29)16-5-3-4-6-17(16)22-20(25)24-23-18(28)13-11-21-26(12-13)14-7-9-15(10-8-14)27(30)31/h3-12H,2H2,1H3,(H,22,24)(H,23,28). The van der Waals surface area contributed by atoms with Crippen molar-refractivity contribution in [2.24, 2.45) is 0 Å². The summed E-state index contributed by atoms with van der Waals surface area (Å²) in [7, 11) is 0. The number of nitro groups is 1. The van der Waals surface area contributed by atoms with Gasteiger partial charge in [0.1, 0.15) is 0 Å². The molecule has 11 nitrogen and oxygen atoms in total. The fourth-order valence-electron chi connectivity index (χ4n) is 3.05. The van der Waals surface area contributed by atoms with Gasteiger partial charge in [0.15, 0.2) is 0 Å².